The van der Waals surface area contributed by atoms with Crippen molar-refractivity contribution in [3.05, 3.63) is 101 Å². The molecule has 3 aromatic carbocycles. The lowest BCUT2D eigenvalue weighted by molar-refractivity contribution is 0.0925. The molecule has 0 unspecified atom stereocenters. The molecule has 6 rings (SSSR count). The van der Waals surface area contributed by atoms with Gasteiger partial charge in [-0.3, -0.25) is 19.6 Å². The van der Waals surface area contributed by atoms with E-state index in [0.717, 1.165) is 0 Å². The maximum atomic E-state index is 16.5. The summed E-state index contributed by atoms with van der Waals surface area (Å²) in [7, 11) is 2.90. The van der Waals surface area contributed by atoms with Crippen molar-refractivity contribution in [1.82, 2.24) is 20.6 Å². The highest BCUT2D eigenvalue weighted by atomic mass is 19.1. The standard InChI is InChI=1S/C32H26F2N4O4/c1-17-14-24(41-3)22(30(39)38-32(10-11-32)25-16-36-12-13-37-25)15-21(17)20-8-9-23-26(28(20)34)27(31(40)35-2)29(42-23)18-4-6-19(33)7-5-18/h4-9,12-16H,10-11H2,1-3H3,(H,35,40)(H,38,39). The Balaban J connectivity index is 1.47. The maximum absolute atomic E-state index is 16.5. The van der Waals surface area contributed by atoms with E-state index < -0.39 is 29.0 Å². The van der Waals surface area contributed by atoms with Gasteiger partial charge in [0.25, 0.3) is 11.8 Å². The highest BCUT2D eigenvalue weighted by Crippen LogP contribution is 2.45. The Morgan fingerprint density at radius 3 is 2.40 bits per heavy atom. The number of halogens is 2. The molecule has 0 radical (unpaired) electrons. The zero-order valence-corrected chi connectivity index (χ0v) is 23.0. The topological polar surface area (TPSA) is 106 Å². The number of hydrogen-bond acceptors (Lipinski definition) is 6. The largest absolute Gasteiger partial charge is 0.496 e. The van der Waals surface area contributed by atoms with Crippen LogP contribution in [0.1, 0.15) is 44.8 Å². The Morgan fingerprint density at radius 2 is 1.76 bits per heavy atom. The second kappa shape index (κ2) is 10.4. The highest BCUT2D eigenvalue weighted by Gasteiger charge is 2.47. The van der Waals surface area contributed by atoms with Gasteiger partial charge < -0.3 is 19.8 Å². The van der Waals surface area contributed by atoms with Crippen molar-refractivity contribution in [1.29, 1.82) is 0 Å². The minimum Gasteiger partial charge on any atom is -0.496 e. The van der Waals surface area contributed by atoms with Crippen molar-refractivity contribution in [3.8, 4) is 28.2 Å². The molecule has 1 aliphatic rings. The maximum Gasteiger partial charge on any atom is 0.255 e. The molecule has 1 fully saturated rings. The first-order valence-corrected chi connectivity index (χ1v) is 13.3. The van der Waals surface area contributed by atoms with E-state index in [1.165, 1.54) is 38.4 Å². The Morgan fingerprint density at radius 1 is 1.00 bits per heavy atom. The van der Waals surface area contributed by atoms with Crippen LogP contribution in [0.15, 0.2) is 71.5 Å². The van der Waals surface area contributed by atoms with Gasteiger partial charge in [0.05, 0.1) is 41.1 Å². The van der Waals surface area contributed by atoms with Crippen molar-refractivity contribution < 1.29 is 27.5 Å². The van der Waals surface area contributed by atoms with Crippen LogP contribution in [0.4, 0.5) is 8.78 Å². The first-order chi connectivity index (χ1) is 20.3. The molecular weight excluding hydrogens is 542 g/mol. The molecule has 2 heterocycles. The number of nitrogens with one attached hydrogen (secondary N) is 2. The predicted octanol–water partition coefficient (Wildman–Crippen LogP) is 5.93. The van der Waals surface area contributed by atoms with Crippen LogP contribution in [0.2, 0.25) is 0 Å². The molecule has 10 heteroatoms. The number of rotatable bonds is 7. The van der Waals surface area contributed by atoms with E-state index in [9.17, 15) is 14.0 Å². The molecule has 2 aromatic heterocycles. The van der Waals surface area contributed by atoms with Crippen LogP contribution in [0, 0.1) is 18.6 Å². The number of carbonyl (C=O) groups excluding carboxylic acids is 2. The zero-order chi connectivity index (χ0) is 29.6. The molecule has 0 saturated heterocycles. The van der Waals surface area contributed by atoms with E-state index >= 15 is 4.39 Å². The molecule has 0 aliphatic heterocycles. The van der Waals surface area contributed by atoms with Crippen LogP contribution in [-0.4, -0.2) is 35.9 Å². The third-order valence-electron chi connectivity index (χ3n) is 7.59. The molecule has 8 nitrogen and oxygen atoms in total. The van der Waals surface area contributed by atoms with Crippen molar-refractivity contribution in [2.45, 2.75) is 25.3 Å². The quantitative estimate of drug-likeness (QED) is 0.252. The molecule has 5 aromatic rings. The fourth-order valence-electron chi connectivity index (χ4n) is 5.22. The molecule has 1 aliphatic carbocycles. The van der Waals surface area contributed by atoms with Crippen LogP contribution in [-0.2, 0) is 5.54 Å². The lowest BCUT2D eigenvalue weighted by Crippen LogP contribution is -2.35. The van der Waals surface area contributed by atoms with E-state index in [2.05, 4.69) is 20.6 Å². The molecule has 1 saturated carbocycles. The number of methoxy groups -OCH3 is 1. The average Bonchev–Trinajstić information content (AvgIpc) is 3.68. The third kappa shape index (κ3) is 4.54. The number of ether oxygens (including phenoxy) is 1. The minimum absolute atomic E-state index is 0.0118. The van der Waals surface area contributed by atoms with Crippen molar-refractivity contribution in [2.24, 2.45) is 0 Å². The number of furan rings is 1. The minimum atomic E-state index is -0.693. The molecule has 42 heavy (non-hydrogen) atoms. The number of amides is 2. The summed E-state index contributed by atoms with van der Waals surface area (Å²) >= 11 is 0. The molecule has 2 amide bonds. The van der Waals surface area contributed by atoms with Gasteiger partial charge >= 0.3 is 0 Å². The molecule has 0 atom stereocenters. The van der Waals surface area contributed by atoms with Gasteiger partial charge in [-0.15, -0.1) is 0 Å². The van der Waals surface area contributed by atoms with Gasteiger partial charge in [0.1, 0.15) is 28.7 Å². The van der Waals surface area contributed by atoms with Crippen molar-refractivity contribution in [2.75, 3.05) is 14.2 Å². The Kier molecular flexibility index (Phi) is 6.68. The lowest BCUT2D eigenvalue weighted by atomic mass is 9.94. The van der Waals surface area contributed by atoms with Gasteiger partial charge in [-0.25, -0.2) is 8.78 Å². The molecule has 0 spiro atoms. The van der Waals surface area contributed by atoms with E-state index in [0.29, 0.717) is 41.0 Å². The third-order valence-corrected chi connectivity index (χ3v) is 7.59. The number of carbonyl (C=O) groups is 2. The highest BCUT2D eigenvalue weighted by molar-refractivity contribution is 6.12. The van der Waals surface area contributed by atoms with Crippen LogP contribution >= 0.6 is 0 Å². The smallest absolute Gasteiger partial charge is 0.255 e. The summed E-state index contributed by atoms with van der Waals surface area (Å²) in [6, 6.07) is 11.8. The Labute approximate surface area is 239 Å². The molecular formula is C32H26F2N4O4. The van der Waals surface area contributed by atoms with Gasteiger partial charge in [0.2, 0.25) is 0 Å². The SMILES string of the molecule is CNC(=O)c1c(-c2ccc(F)cc2)oc2ccc(-c3cc(C(=O)NC4(c5cnccn5)CC4)c(OC)cc3C)c(F)c12. The number of nitrogens with zero attached hydrogens (tertiary/aromatic N) is 2. The first kappa shape index (κ1) is 27.1. The van der Waals surface area contributed by atoms with Gasteiger partial charge in [-0.05, 0) is 79.4 Å². The lowest BCUT2D eigenvalue weighted by Gasteiger charge is -2.19. The van der Waals surface area contributed by atoms with E-state index in [1.807, 2.05) is 0 Å². The molecule has 2 N–H and O–H groups in total. The fourth-order valence-corrected chi connectivity index (χ4v) is 5.22. The second-order valence-corrected chi connectivity index (χ2v) is 10.2. The zero-order valence-electron chi connectivity index (χ0n) is 23.0. The van der Waals surface area contributed by atoms with Gasteiger partial charge in [-0.2, -0.15) is 0 Å². The summed E-state index contributed by atoms with van der Waals surface area (Å²) in [5.41, 5.74) is 2.09. The van der Waals surface area contributed by atoms with Gasteiger partial charge in [0, 0.05) is 30.6 Å². The summed E-state index contributed by atoms with van der Waals surface area (Å²) in [4.78, 5) is 35.1. The predicted molar refractivity (Wildman–Crippen MR) is 152 cm³/mol. The first-order valence-electron chi connectivity index (χ1n) is 13.3. The van der Waals surface area contributed by atoms with Crippen LogP contribution < -0.4 is 15.4 Å². The molecule has 212 valence electrons. The summed E-state index contributed by atoms with van der Waals surface area (Å²) in [5, 5.41) is 5.58. The van der Waals surface area contributed by atoms with E-state index in [4.69, 9.17) is 9.15 Å². The Bertz CT molecular complexity index is 1850. The summed E-state index contributed by atoms with van der Waals surface area (Å²) in [5.74, 6) is -1.66. The summed E-state index contributed by atoms with van der Waals surface area (Å²) in [6.45, 7) is 1.78. The van der Waals surface area contributed by atoms with Crippen molar-refractivity contribution in [3.63, 3.8) is 0 Å². The number of aryl methyl sites for hydroxylation is 1. The summed E-state index contributed by atoms with van der Waals surface area (Å²) < 4.78 is 41.5. The monoisotopic (exact) mass is 568 g/mol. The van der Waals surface area contributed by atoms with E-state index in [-0.39, 0.29) is 33.4 Å². The van der Waals surface area contributed by atoms with Crippen LogP contribution in [0.5, 0.6) is 5.75 Å². The van der Waals surface area contributed by atoms with Gasteiger partial charge in [0.15, 0.2) is 0 Å². The van der Waals surface area contributed by atoms with E-state index in [1.54, 1.807) is 49.8 Å². The normalized spacial score (nSPS) is 13.5. The second-order valence-electron chi connectivity index (χ2n) is 10.2. The fraction of sp³-hybridized carbons (Fsp3) is 0.188. The Hall–Kier alpha value is -5.12. The number of benzene rings is 3. The number of aromatic nitrogens is 2. The van der Waals surface area contributed by atoms with Gasteiger partial charge in [-0.1, -0.05) is 0 Å². The van der Waals surface area contributed by atoms with Crippen molar-refractivity contribution >= 4 is 22.8 Å². The molecule has 0 bridgehead atoms. The number of fused-ring (bicyclic) bond motifs is 1. The average molecular weight is 569 g/mol. The van der Waals surface area contributed by atoms with Crippen LogP contribution in [0.25, 0.3) is 33.4 Å². The summed E-state index contributed by atoms with van der Waals surface area (Å²) in [6.07, 6.45) is 6.20. The number of hydrogen-bond donors (Lipinski definition) is 2. The van der Waals surface area contributed by atoms with Crippen LogP contribution in [0.3, 0.4) is 0 Å².